The van der Waals surface area contributed by atoms with Gasteiger partial charge in [-0.15, -0.1) is 0 Å². The van der Waals surface area contributed by atoms with Gasteiger partial charge in [0.05, 0.1) is 32.9 Å². The Kier molecular flexibility index (Phi) is 13.4. The molecule has 0 fully saturated rings. The van der Waals surface area contributed by atoms with E-state index in [0.29, 0.717) is 47.8 Å². The van der Waals surface area contributed by atoms with E-state index in [9.17, 15) is 0 Å². The smallest absolute Gasteiger partial charge is 0.156 e. The maximum atomic E-state index is 6.25. The Morgan fingerprint density at radius 3 is 2.15 bits per heavy atom. The van der Waals surface area contributed by atoms with Gasteiger partial charge in [0.25, 0.3) is 0 Å². The topological polar surface area (TPSA) is 49.3 Å². The van der Waals surface area contributed by atoms with Crippen LogP contribution in [-0.2, 0) is 4.84 Å². The van der Waals surface area contributed by atoms with Crippen LogP contribution in [0.1, 0.15) is 12.0 Å². The van der Waals surface area contributed by atoms with Crippen LogP contribution in [0.4, 0.5) is 0 Å². The van der Waals surface area contributed by atoms with Crippen molar-refractivity contribution in [3.05, 3.63) is 72.0 Å². The second-order valence-corrected chi connectivity index (χ2v) is 10.8. The number of ether oxygens (including phenoxy) is 3. The monoisotopic (exact) mass is 659 g/mol. The summed E-state index contributed by atoms with van der Waals surface area (Å²) < 4.78 is 17.8. The molecule has 0 spiro atoms. The third kappa shape index (κ3) is 11.7. The lowest BCUT2D eigenvalue weighted by molar-refractivity contribution is 0.176. The van der Waals surface area contributed by atoms with Gasteiger partial charge in [-0.05, 0) is 73.8 Å². The third-order valence-electron chi connectivity index (χ3n) is 3.73. The first-order valence-corrected chi connectivity index (χ1v) is 12.6. The summed E-state index contributed by atoms with van der Waals surface area (Å²) in [4.78, 5) is 5.11. The zero-order valence-corrected chi connectivity index (χ0v) is 23.3. The van der Waals surface area contributed by atoms with Gasteiger partial charge in [0.15, 0.2) is 5.75 Å². The fraction of sp³-hybridized carbons (Fsp3) is 0.227. The number of hydrogen-bond donors (Lipinski definition) is 0. The van der Waals surface area contributed by atoms with E-state index in [1.54, 1.807) is 24.4 Å². The molecule has 11 heteroatoms. The standard InChI is InChI=1S/C22H19Br2Cl4NO4/c23-20(24)6-11-33-29-14-15-2-4-16(5-3-15)30-8-1-9-32-22-18(25)12-17(13-19(22)26)31-10-7-21(27)28/h2-7,12-14H,1,8-11H2. The number of nitrogens with zero attached hydrogens (tertiary/aromatic N) is 1. The normalized spacial score (nSPS) is 10.6. The SMILES string of the molecule is ClC(Cl)=CCOc1cc(Cl)c(OCCCOc2ccc(C=NOCC=C(Br)Br)cc2)c(Cl)c1. The highest BCUT2D eigenvalue weighted by atomic mass is 79.9. The van der Waals surface area contributed by atoms with Gasteiger partial charge < -0.3 is 19.0 Å². The summed E-state index contributed by atoms with van der Waals surface area (Å²) in [5, 5.41) is 4.58. The average Bonchev–Trinajstić information content (AvgIpc) is 2.75. The van der Waals surface area contributed by atoms with Crippen molar-refractivity contribution in [3.8, 4) is 17.2 Å². The van der Waals surface area contributed by atoms with Crippen molar-refractivity contribution in [3.63, 3.8) is 0 Å². The highest BCUT2D eigenvalue weighted by Crippen LogP contribution is 2.37. The van der Waals surface area contributed by atoms with Crippen LogP contribution >= 0.6 is 78.3 Å². The van der Waals surface area contributed by atoms with Crippen LogP contribution in [-0.4, -0.2) is 32.6 Å². The molecule has 2 aromatic carbocycles. The van der Waals surface area contributed by atoms with Crippen LogP contribution < -0.4 is 14.2 Å². The van der Waals surface area contributed by atoms with Gasteiger partial charge in [-0.25, -0.2) is 0 Å². The van der Waals surface area contributed by atoms with Gasteiger partial charge >= 0.3 is 0 Å². The summed E-state index contributed by atoms with van der Waals surface area (Å²) in [5.41, 5.74) is 0.894. The third-order valence-corrected chi connectivity index (χ3v) is 5.25. The zero-order chi connectivity index (χ0) is 24.1. The van der Waals surface area contributed by atoms with Crippen LogP contribution in [0.5, 0.6) is 17.2 Å². The molecule has 0 atom stereocenters. The van der Waals surface area contributed by atoms with Gasteiger partial charge in [0, 0.05) is 18.6 Å². The van der Waals surface area contributed by atoms with Crippen molar-refractivity contribution in [1.82, 2.24) is 0 Å². The molecule has 0 radical (unpaired) electrons. The van der Waals surface area contributed by atoms with Crippen LogP contribution in [0, 0.1) is 0 Å². The Morgan fingerprint density at radius 1 is 0.848 bits per heavy atom. The molecule has 0 aliphatic rings. The molecule has 0 N–H and O–H groups in total. The van der Waals surface area contributed by atoms with Crippen molar-refractivity contribution in [2.75, 3.05) is 26.4 Å². The summed E-state index contributed by atoms with van der Waals surface area (Å²) >= 11 is 30.1. The number of rotatable bonds is 13. The van der Waals surface area contributed by atoms with Crippen LogP contribution in [0.3, 0.4) is 0 Å². The lowest BCUT2D eigenvalue weighted by Gasteiger charge is -2.12. The second-order valence-electron chi connectivity index (χ2n) is 6.16. The highest BCUT2D eigenvalue weighted by molar-refractivity contribution is 9.28. The summed E-state index contributed by atoms with van der Waals surface area (Å²) in [6.07, 6.45) is 5.57. The van der Waals surface area contributed by atoms with Crippen LogP contribution in [0.25, 0.3) is 0 Å². The average molecular weight is 663 g/mol. The molecule has 0 aromatic heterocycles. The summed E-state index contributed by atoms with van der Waals surface area (Å²) in [7, 11) is 0. The molecule has 0 unspecified atom stereocenters. The molecule has 2 rings (SSSR count). The summed E-state index contributed by atoms with van der Waals surface area (Å²) in [6.45, 7) is 1.40. The van der Waals surface area contributed by atoms with Gasteiger partial charge in [-0.1, -0.05) is 51.6 Å². The fourth-order valence-corrected chi connectivity index (χ4v) is 3.24. The van der Waals surface area contributed by atoms with Crippen LogP contribution in [0.15, 0.2) is 61.6 Å². The molecule has 0 heterocycles. The summed E-state index contributed by atoms with van der Waals surface area (Å²) in [5.74, 6) is 1.61. The minimum absolute atomic E-state index is 0.122. The Morgan fingerprint density at radius 2 is 1.52 bits per heavy atom. The van der Waals surface area contributed by atoms with Crippen molar-refractivity contribution >= 4 is 84.5 Å². The first-order chi connectivity index (χ1) is 15.8. The molecule has 0 amide bonds. The predicted octanol–water partition coefficient (Wildman–Crippen LogP) is 8.52. The Hall–Kier alpha value is -1.09. The van der Waals surface area contributed by atoms with E-state index in [2.05, 4.69) is 37.0 Å². The minimum Gasteiger partial charge on any atom is -0.493 e. The Bertz CT molecular complexity index is 954. The lowest BCUT2D eigenvalue weighted by Crippen LogP contribution is -2.05. The largest absolute Gasteiger partial charge is 0.493 e. The van der Waals surface area contributed by atoms with Crippen molar-refractivity contribution < 1.29 is 19.0 Å². The first kappa shape index (κ1) is 28.1. The molecule has 0 aliphatic carbocycles. The molecule has 33 heavy (non-hydrogen) atoms. The molecule has 178 valence electrons. The fourth-order valence-electron chi connectivity index (χ4n) is 2.27. The Balaban J connectivity index is 1.72. The second kappa shape index (κ2) is 15.7. The highest BCUT2D eigenvalue weighted by Gasteiger charge is 2.10. The van der Waals surface area contributed by atoms with Crippen LogP contribution in [0.2, 0.25) is 10.0 Å². The molecule has 0 aliphatic heterocycles. The molecule has 2 aromatic rings. The number of oxime groups is 1. The van der Waals surface area contributed by atoms with E-state index in [4.69, 9.17) is 65.5 Å². The van der Waals surface area contributed by atoms with E-state index in [-0.39, 0.29) is 11.1 Å². The quantitative estimate of drug-likeness (QED) is 0.123. The lowest BCUT2D eigenvalue weighted by atomic mass is 10.2. The molecular formula is C22H19Br2Cl4NO4. The van der Waals surface area contributed by atoms with Gasteiger partial charge in [-0.2, -0.15) is 0 Å². The maximum absolute atomic E-state index is 6.25. The van der Waals surface area contributed by atoms with E-state index in [0.717, 1.165) is 14.7 Å². The van der Waals surface area contributed by atoms with Crippen molar-refractivity contribution in [2.45, 2.75) is 6.42 Å². The van der Waals surface area contributed by atoms with E-state index in [1.807, 2.05) is 24.3 Å². The molecule has 0 saturated carbocycles. The van der Waals surface area contributed by atoms with Crippen molar-refractivity contribution in [1.29, 1.82) is 0 Å². The van der Waals surface area contributed by atoms with Crippen molar-refractivity contribution in [2.24, 2.45) is 5.16 Å². The number of hydrogen-bond acceptors (Lipinski definition) is 5. The summed E-state index contributed by atoms with van der Waals surface area (Å²) in [6, 6.07) is 10.7. The predicted molar refractivity (Wildman–Crippen MR) is 143 cm³/mol. The first-order valence-electron chi connectivity index (χ1n) is 9.50. The molecule has 0 saturated heterocycles. The van der Waals surface area contributed by atoms with Gasteiger partial charge in [0.1, 0.15) is 29.2 Å². The van der Waals surface area contributed by atoms with E-state index < -0.39 is 0 Å². The molecule has 5 nitrogen and oxygen atoms in total. The maximum Gasteiger partial charge on any atom is 0.156 e. The van der Waals surface area contributed by atoms with Gasteiger partial charge in [0.2, 0.25) is 0 Å². The number of halogens is 6. The molecular weight excluding hydrogens is 644 g/mol. The number of benzene rings is 2. The molecule has 0 bridgehead atoms. The van der Waals surface area contributed by atoms with E-state index in [1.165, 1.54) is 6.08 Å². The van der Waals surface area contributed by atoms with Gasteiger partial charge in [-0.3, -0.25) is 0 Å². The zero-order valence-electron chi connectivity index (χ0n) is 17.1. The van der Waals surface area contributed by atoms with E-state index >= 15 is 0 Å². The Labute approximate surface area is 229 Å². The minimum atomic E-state index is 0.122.